The fraction of sp³-hybridized carbons (Fsp3) is 0.600. The summed E-state index contributed by atoms with van der Waals surface area (Å²) in [4.78, 5) is 0. The molecule has 1 atom stereocenters. The van der Waals surface area contributed by atoms with E-state index in [-0.39, 0.29) is 0 Å². The van der Waals surface area contributed by atoms with Crippen LogP contribution in [-0.2, 0) is 16.8 Å². The molecule has 17 heavy (non-hydrogen) atoms. The van der Waals surface area contributed by atoms with Crippen LogP contribution in [-0.4, -0.2) is 18.8 Å². The smallest absolute Gasteiger partial charge is 0.113 e. The summed E-state index contributed by atoms with van der Waals surface area (Å²) < 4.78 is 5.12. The highest BCUT2D eigenvalue weighted by Crippen LogP contribution is 2.26. The molecule has 2 nitrogen and oxygen atoms in total. The molecule has 1 aromatic carbocycles. The van der Waals surface area contributed by atoms with E-state index in [0.29, 0.717) is 18.9 Å². The predicted octanol–water partition coefficient (Wildman–Crippen LogP) is 3.13. The zero-order valence-electron chi connectivity index (χ0n) is 11.4. The van der Waals surface area contributed by atoms with Crippen molar-refractivity contribution in [2.45, 2.75) is 39.2 Å². The van der Waals surface area contributed by atoms with Gasteiger partial charge in [0.15, 0.2) is 0 Å². The third kappa shape index (κ3) is 3.83. The number of ether oxygens (including phenoxy) is 1. The third-order valence-corrected chi connectivity index (χ3v) is 3.08. The zero-order valence-corrected chi connectivity index (χ0v) is 11.4. The average Bonchev–Trinajstić information content (AvgIpc) is 2.28. The summed E-state index contributed by atoms with van der Waals surface area (Å²) >= 11 is 0. The van der Waals surface area contributed by atoms with Crippen molar-refractivity contribution in [1.82, 2.24) is 0 Å². The molecule has 2 heteroatoms. The number of hydrogen-bond donors (Lipinski definition) is 1. The van der Waals surface area contributed by atoms with Gasteiger partial charge in [-0.3, -0.25) is 0 Å². The molecular formula is C15H24O2. The van der Waals surface area contributed by atoms with Gasteiger partial charge in [-0.1, -0.05) is 45.0 Å². The monoisotopic (exact) mass is 236 g/mol. The van der Waals surface area contributed by atoms with Crippen LogP contribution in [0.15, 0.2) is 24.3 Å². The molecule has 0 aliphatic carbocycles. The van der Waals surface area contributed by atoms with Gasteiger partial charge in [0, 0.05) is 7.11 Å². The molecule has 0 saturated heterocycles. The molecule has 0 amide bonds. The molecule has 0 fully saturated rings. The lowest BCUT2D eigenvalue weighted by molar-refractivity contribution is -0.0386. The fourth-order valence-corrected chi connectivity index (χ4v) is 2.09. The third-order valence-electron chi connectivity index (χ3n) is 3.08. The van der Waals surface area contributed by atoms with Crippen LogP contribution in [0.3, 0.4) is 0 Å². The lowest BCUT2D eigenvalue weighted by atomic mass is 9.89. The average molecular weight is 236 g/mol. The van der Waals surface area contributed by atoms with Gasteiger partial charge in [-0.2, -0.15) is 0 Å². The number of aliphatic hydroxyl groups is 1. The SMILES string of the molecule is CCC(O)(COC)c1cccc(CC(C)C)c1. The van der Waals surface area contributed by atoms with Crippen LogP contribution in [0, 0.1) is 5.92 Å². The maximum absolute atomic E-state index is 10.5. The summed E-state index contributed by atoms with van der Waals surface area (Å²) in [5.74, 6) is 0.627. The van der Waals surface area contributed by atoms with Gasteiger partial charge >= 0.3 is 0 Å². The molecule has 96 valence electrons. The van der Waals surface area contributed by atoms with E-state index in [4.69, 9.17) is 4.74 Å². The first-order valence-corrected chi connectivity index (χ1v) is 6.32. The highest BCUT2D eigenvalue weighted by atomic mass is 16.5. The molecule has 0 aliphatic rings. The summed E-state index contributed by atoms with van der Waals surface area (Å²) in [6.07, 6.45) is 1.70. The van der Waals surface area contributed by atoms with Crippen LogP contribution in [0.4, 0.5) is 0 Å². The predicted molar refractivity (Wildman–Crippen MR) is 71.0 cm³/mol. The number of benzene rings is 1. The van der Waals surface area contributed by atoms with Crippen LogP contribution in [0.5, 0.6) is 0 Å². The van der Waals surface area contributed by atoms with Gasteiger partial charge in [0.1, 0.15) is 5.60 Å². The first-order chi connectivity index (χ1) is 8.01. The van der Waals surface area contributed by atoms with Crippen molar-refractivity contribution in [3.63, 3.8) is 0 Å². The van der Waals surface area contributed by atoms with E-state index in [1.54, 1.807) is 7.11 Å². The van der Waals surface area contributed by atoms with Gasteiger partial charge in [-0.05, 0) is 29.9 Å². The Bertz CT molecular complexity index is 347. The van der Waals surface area contributed by atoms with Crippen LogP contribution < -0.4 is 0 Å². The normalized spacial score (nSPS) is 14.9. The van der Waals surface area contributed by atoms with Crippen molar-refractivity contribution in [3.05, 3.63) is 35.4 Å². The second-order valence-corrected chi connectivity index (χ2v) is 5.12. The van der Waals surface area contributed by atoms with E-state index < -0.39 is 5.60 Å². The van der Waals surface area contributed by atoms with Gasteiger partial charge in [0.25, 0.3) is 0 Å². The van der Waals surface area contributed by atoms with Crippen molar-refractivity contribution in [2.75, 3.05) is 13.7 Å². The van der Waals surface area contributed by atoms with Gasteiger partial charge < -0.3 is 9.84 Å². The largest absolute Gasteiger partial charge is 0.383 e. The molecule has 0 radical (unpaired) electrons. The molecular weight excluding hydrogens is 212 g/mol. The summed E-state index contributed by atoms with van der Waals surface area (Å²) in [5, 5.41) is 10.5. The first kappa shape index (κ1) is 14.2. The fourth-order valence-electron chi connectivity index (χ4n) is 2.09. The Kier molecular flexibility index (Phi) is 5.16. The molecule has 1 aromatic rings. The molecule has 0 heterocycles. The summed E-state index contributed by atoms with van der Waals surface area (Å²) in [6, 6.07) is 8.21. The lowest BCUT2D eigenvalue weighted by Crippen LogP contribution is -2.30. The van der Waals surface area contributed by atoms with Gasteiger partial charge in [-0.25, -0.2) is 0 Å². The maximum atomic E-state index is 10.5. The van der Waals surface area contributed by atoms with Crippen molar-refractivity contribution < 1.29 is 9.84 Å². The van der Waals surface area contributed by atoms with Crippen molar-refractivity contribution in [3.8, 4) is 0 Å². The lowest BCUT2D eigenvalue weighted by Gasteiger charge is -2.27. The molecule has 1 N–H and O–H groups in total. The quantitative estimate of drug-likeness (QED) is 0.822. The Morgan fingerprint density at radius 1 is 1.35 bits per heavy atom. The molecule has 0 bridgehead atoms. The van der Waals surface area contributed by atoms with Crippen molar-refractivity contribution in [1.29, 1.82) is 0 Å². The van der Waals surface area contributed by atoms with Crippen LogP contribution in [0.1, 0.15) is 38.3 Å². The van der Waals surface area contributed by atoms with Gasteiger partial charge in [0.2, 0.25) is 0 Å². The first-order valence-electron chi connectivity index (χ1n) is 6.32. The van der Waals surface area contributed by atoms with E-state index in [1.165, 1.54) is 5.56 Å². The molecule has 0 saturated carbocycles. The Hall–Kier alpha value is -0.860. The van der Waals surface area contributed by atoms with Crippen LogP contribution in [0.25, 0.3) is 0 Å². The van der Waals surface area contributed by atoms with Gasteiger partial charge in [0.05, 0.1) is 6.61 Å². The summed E-state index contributed by atoms with van der Waals surface area (Å²) in [5.41, 5.74) is 1.38. The Balaban J connectivity index is 2.96. The second-order valence-electron chi connectivity index (χ2n) is 5.12. The minimum Gasteiger partial charge on any atom is -0.383 e. The van der Waals surface area contributed by atoms with E-state index in [2.05, 4.69) is 26.0 Å². The zero-order chi connectivity index (χ0) is 12.9. The van der Waals surface area contributed by atoms with Crippen LogP contribution >= 0.6 is 0 Å². The standard InChI is InChI=1S/C15H24O2/c1-5-15(16,11-17-4)14-8-6-7-13(10-14)9-12(2)3/h6-8,10,12,16H,5,9,11H2,1-4H3. The topological polar surface area (TPSA) is 29.5 Å². The van der Waals surface area contributed by atoms with Crippen LogP contribution in [0.2, 0.25) is 0 Å². The number of rotatable bonds is 6. The molecule has 0 spiro atoms. The van der Waals surface area contributed by atoms with E-state index >= 15 is 0 Å². The highest BCUT2D eigenvalue weighted by molar-refractivity contribution is 5.28. The van der Waals surface area contributed by atoms with E-state index in [0.717, 1.165) is 12.0 Å². The Morgan fingerprint density at radius 3 is 2.59 bits per heavy atom. The van der Waals surface area contributed by atoms with Crippen molar-refractivity contribution in [2.24, 2.45) is 5.92 Å². The molecule has 1 unspecified atom stereocenters. The van der Waals surface area contributed by atoms with E-state index in [9.17, 15) is 5.11 Å². The minimum absolute atomic E-state index is 0.342. The van der Waals surface area contributed by atoms with Gasteiger partial charge in [-0.15, -0.1) is 0 Å². The number of hydrogen-bond acceptors (Lipinski definition) is 2. The summed E-state index contributed by atoms with van der Waals surface area (Å²) in [6.45, 7) is 6.73. The van der Waals surface area contributed by atoms with E-state index in [1.807, 2.05) is 19.1 Å². The second kappa shape index (κ2) is 6.18. The highest BCUT2D eigenvalue weighted by Gasteiger charge is 2.27. The molecule has 0 aliphatic heterocycles. The minimum atomic E-state index is -0.859. The Labute approximate surface area is 105 Å². The number of methoxy groups -OCH3 is 1. The maximum Gasteiger partial charge on any atom is 0.113 e. The van der Waals surface area contributed by atoms with Crippen molar-refractivity contribution >= 4 is 0 Å². The summed E-state index contributed by atoms with van der Waals surface area (Å²) in [7, 11) is 1.62. The molecule has 1 rings (SSSR count). The Morgan fingerprint density at radius 2 is 2.06 bits per heavy atom. The molecule has 0 aromatic heterocycles.